The highest BCUT2D eigenvalue weighted by molar-refractivity contribution is 6.42. The van der Waals surface area contributed by atoms with Gasteiger partial charge >= 0.3 is 0 Å². The lowest BCUT2D eigenvalue weighted by Crippen LogP contribution is -2.17. The van der Waals surface area contributed by atoms with Crippen molar-refractivity contribution < 1.29 is 4.42 Å². The first-order valence-corrected chi connectivity index (χ1v) is 7.40. The van der Waals surface area contributed by atoms with E-state index >= 15 is 0 Å². The third-order valence-corrected chi connectivity index (χ3v) is 3.53. The largest absolute Gasteiger partial charge is 0.425 e. The number of benzene rings is 1. The van der Waals surface area contributed by atoms with Gasteiger partial charge in [-0.15, -0.1) is 10.2 Å². The smallest absolute Gasteiger partial charge is 0.220 e. The van der Waals surface area contributed by atoms with Gasteiger partial charge in [0.05, 0.1) is 16.5 Å². The summed E-state index contributed by atoms with van der Waals surface area (Å²) >= 11 is 11.9. The lowest BCUT2D eigenvalue weighted by molar-refractivity contribution is 0.451. The van der Waals surface area contributed by atoms with Crippen molar-refractivity contribution in [3.8, 4) is 0 Å². The molecule has 0 atom stereocenters. The minimum absolute atomic E-state index is 0.535. The molecule has 2 aromatic rings. The van der Waals surface area contributed by atoms with Crippen LogP contribution in [0.25, 0.3) is 0 Å². The summed E-state index contributed by atoms with van der Waals surface area (Å²) in [6.07, 6.45) is 2.42. The Morgan fingerprint density at radius 1 is 1.10 bits per heavy atom. The van der Waals surface area contributed by atoms with Crippen LogP contribution in [-0.2, 0) is 12.8 Å². The van der Waals surface area contributed by atoms with Crippen molar-refractivity contribution in [1.29, 1.82) is 0 Å². The summed E-state index contributed by atoms with van der Waals surface area (Å²) in [6, 6.07) is 5.49. The van der Waals surface area contributed by atoms with Gasteiger partial charge in [0.25, 0.3) is 0 Å². The summed E-state index contributed by atoms with van der Waals surface area (Å²) < 4.78 is 5.60. The minimum atomic E-state index is 0.535. The van der Waals surface area contributed by atoms with Crippen LogP contribution in [0.4, 0.5) is 0 Å². The zero-order chi connectivity index (χ0) is 14.4. The van der Waals surface area contributed by atoms with Gasteiger partial charge in [0.15, 0.2) is 0 Å². The van der Waals surface area contributed by atoms with Crippen molar-refractivity contribution in [2.45, 2.75) is 26.2 Å². The fourth-order valence-corrected chi connectivity index (χ4v) is 2.10. The number of aromatic nitrogens is 2. The Kier molecular flexibility index (Phi) is 5.83. The molecule has 6 heteroatoms. The first kappa shape index (κ1) is 15.3. The minimum Gasteiger partial charge on any atom is -0.425 e. The summed E-state index contributed by atoms with van der Waals surface area (Å²) in [5.74, 6) is 1.25. The molecule has 0 fully saturated rings. The summed E-state index contributed by atoms with van der Waals surface area (Å²) in [4.78, 5) is 0. The highest BCUT2D eigenvalue weighted by atomic mass is 35.5. The van der Waals surface area contributed by atoms with Gasteiger partial charge in [-0.2, -0.15) is 0 Å². The summed E-state index contributed by atoms with van der Waals surface area (Å²) in [6.45, 7) is 3.99. The van der Waals surface area contributed by atoms with E-state index in [1.165, 1.54) is 0 Å². The first-order chi connectivity index (χ1) is 9.69. The molecule has 0 aliphatic rings. The molecule has 1 aromatic heterocycles. The summed E-state index contributed by atoms with van der Waals surface area (Å²) in [5, 5.41) is 12.5. The molecule has 0 unspecified atom stereocenters. The molecule has 0 spiro atoms. The van der Waals surface area contributed by atoms with E-state index in [1.807, 2.05) is 12.1 Å². The van der Waals surface area contributed by atoms with Crippen molar-refractivity contribution in [1.82, 2.24) is 15.5 Å². The second kappa shape index (κ2) is 7.62. The maximum atomic E-state index is 5.98. The second-order valence-corrected chi connectivity index (χ2v) is 5.33. The van der Waals surface area contributed by atoms with Crippen LogP contribution in [0.3, 0.4) is 0 Å². The Labute approximate surface area is 128 Å². The SMILES string of the molecule is CCCNCCc1nnc(Cc2ccc(Cl)c(Cl)c2)o1. The van der Waals surface area contributed by atoms with Crippen molar-refractivity contribution in [2.75, 3.05) is 13.1 Å². The molecular weight excluding hydrogens is 297 g/mol. The standard InChI is InChI=1S/C14H17Cl2N3O/c1-2-6-17-7-5-13-18-19-14(20-13)9-10-3-4-11(15)12(16)8-10/h3-4,8,17H,2,5-7,9H2,1H3. The average molecular weight is 314 g/mol. The van der Waals surface area contributed by atoms with Crippen LogP contribution >= 0.6 is 23.2 Å². The fraction of sp³-hybridized carbons (Fsp3) is 0.429. The predicted molar refractivity (Wildman–Crippen MR) is 80.4 cm³/mol. The van der Waals surface area contributed by atoms with E-state index in [0.717, 1.165) is 31.5 Å². The van der Waals surface area contributed by atoms with Crippen LogP contribution in [0.15, 0.2) is 22.6 Å². The van der Waals surface area contributed by atoms with Crippen LogP contribution in [0.2, 0.25) is 10.0 Å². The highest BCUT2D eigenvalue weighted by Gasteiger charge is 2.08. The Morgan fingerprint density at radius 2 is 1.90 bits per heavy atom. The van der Waals surface area contributed by atoms with Gasteiger partial charge in [0, 0.05) is 13.0 Å². The van der Waals surface area contributed by atoms with Crippen molar-refractivity contribution in [2.24, 2.45) is 0 Å². The Balaban J connectivity index is 1.90. The molecule has 1 N–H and O–H groups in total. The molecule has 0 aliphatic heterocycles. The first-order valence-electron chi connectivity index (χ1n) is 6.65. The molecule has 4 nitrogen and oxygen atoms in total. The van der Waals surface area contributed by atoms with Gasteiger partial charge in [-0.25, -0.2) is 0 Å². The number of nitrogens with one attached hydrogen (secondary N) is 1. The van der Waals surface area contributed by atoms with E-state index in [-0.39, 0.29) is 0 Å². The van der Waals surface area contributed by atoms with E-state index in [2.05, 4.69) is 22.4 Å². The molecule has 1 heterocycles. The van der Waals surface area contributed by atoms with Gasteiger partial charge < -0.3 is 9.73 Å². The molecule has 0 aliphatic carbocycles. The summed E-state index contributed by atoms with van der Waals surface area (Å²) in [7, 11) is 0. The third-order valence-electron chi connectivity index (χ3n) is 2.79. The Hall–Kier alpha value is -1.10. The van der Waals surface area contributed by atoms with Crippen LogP contribution in [0.5, 0.6) is 0 Å². The Bertz CT molecular complexity index is 557. The second-order valence-electron chi connectivity index (χ2n) is 4.51. The van der Waals surface area contributed by atoms with E-state index in [4.69, 9.17) is 27.6 Å². The average Bonchev–Trinajstić information content (AvgIpc) is 2.87. The van der Waals surface area contributed by atoms with E-state index in [0.29, 0.717) is 28.2 Å². The molecular formula is C14H17Cl2N3O. The van der Waals surface area contributed by atoms with Gasteiger partial charge in [0.1, 0.15) is 0 Å². The number of hydrogen-bond acceptors (Lipinski definition) is 4. The lowest BCUT2D eigenvalue weighted by Gasteiger charge is -2.00. The van der Waals surface area contributed by atoms with Gasteiger partial charge in [0.2, 0.25) is 11.8 Å². The normalized spacial score (nSPS) is 10.9. The molecule has 0 bridgehead atoms. The fourth-order valence-electron chi connectivity index (χ4n) is 1.78. The zero-order valence-electron chi connectivity index (χ0n) is 11.3. The van der Waals surface area contributed by atoms with Crippen molar-refractivity contribution >= 4 is 23.2 Å². The molecule has 0 saturated carbocycles. The molecule has 2 rings (SSSR count). The van der Waals surface area contributed by atoms with Gasteiger partial charge in [-0.05, 0) is 30.7 Å². The van der Waals surface area contributed by atoms with E-state index < -0.39 is 0 Å². The predicted octanol–water partition coefficient (Wildman–Crippen LogP) is 3.51. The number of rotatable bonds is 7. The lowest BCUT2D eigenvalue weighted by atomic mass is 10.1. The monoisotopic (exact) mass is 313 g/mol. The van der Waals surface area contributed by atoms with E-state index in [9.17, 15) is 0 Å². The molecule has 20 heavy (non-hydrogen) atoms. The van der Waals surface area contributed by atoms with Gasteiger partial charge in [-0.1, -0.05) is 36.2 Å². The number of hydrogen-bond donors (Lipinski definition) is 1. The van der Waals surface area contributed by atoms with Crippen LogP contribution in [0, 0.1) is 0 Å². The van der Waals surface area contributed by atoms with Crippen LogP contribution in [0.1, 0.15) is 30.7 Å². The number of halogens is 2. The highest BCUT2D eigenvalue weighted by Crippen LogP contribution is 2.23. The van der Waals surface area contributed by atoms with Crippen LogP contribution < -0.4 is 5.32 Å². The molecule has 0 radical (unpaired) electrons. The zero-order valence-corrected chi connectivity index (χ0v) is 12.8. The molecule has 108 valence electrons. The molecule has 0 saturated heterocycles. The van der Waals surface area contributed by atoms with Gasteiger partial charge in [-0.3, -0.25) is 0 Å². The maximum Gasteiger partial charge on any atom is 0.220 e. The van der Waals surface area contributed by atoms with E-state index in [1.54, 1.807) is 6.07 Å². The Morgan fingerprint density at radius 3 is 2.65 bits per heavy atom. The quantitative estimate of drug-likeness (QED) is 0.795. The maximum absolute atomic E-state index is 5.98. The van der Waals surface area contributed by atoms with Crippen molar-refractivity contribution in [3.05, 3.63) is 45.6 Å². The molecule has 0 amide bonds. The molecule has 1 aromatic carbocycles. The van der Waals surface area contributed by atoms with Crippen molar-refractivity contribution in [3.63, 3.8) is 0 Å². The topological polar surface area (TPSA) is 51.0 Å². The number of nitrogens with zero attached hydrogens (tertiary/aromatic N) is 2. The third kappa shape index (κ3) is 4.47. The summed E-state index contributed by atoms with van der Waals surface area (Å²) in [5.41, 5.74) is 0.999. The van der Waals surface area contributed by atoms with Crippen LogP contribution in [-0.4, -0.2) is 23.3 Å².